The molecule has 0 aliphatic heterocycles. The third kappa shape index (κ3) is 6.67. The number of esters is 1. The van der Waals surface area contributed by atoms with Gasteiger partial charge >= 0.3 is 5.97 Å². The van der Waals surface area contributed by atoms with Crippen molar-refractivity contribution in [3.05, 3.63) is 59.7 Å². The first kappa shape index (κ1) is 23.6. The molecular formula is C22H27NO6S. The van der Waals surface area contributed by atoms with E-state index in [2.05, 4.69) is 11.6 Å². The van der Waals surface area contributed by atoms with Gasteiger partial charge in [0.15, 0.2) is 12.4 Å². The summed E-state index contributed by atoms with van der Waals surface area (Å²) in [5.41, 5.74) is 1.58. The first-order chi connectivity index (χ1) is 14.3. The van der Waals surface area contributed by atoms with Gasteiger partial charge < -0.3 is 9.47 Å². The Balaban J connectivity index is 1.89. The van der Waals surface area contributed by atoms with E-state index in [4.69, 9.17) is 9.47 Å². The van der Waals surface area contributed by atoms with Crippen LogP contribution in [-0.4, -0.2) is 39.9 Å². The molecule has 0 aliphatic rings. The van der Waals surface area contributed by atoms with Crippen LogP contribution in [0.25, 0.3) is 0 Å². The second kappa shape index (κ2) is 10.9. The molecule has 0 radical (unpaired) electrons. The van der Waals surface area contributed by atoms with E-state index in [0.29, 0.717) is 11.3 Å². The van der Waals surface area contributed by atoms with E-state index in [1.165, 1.54) is 38.3 Å². The van der Waals surface area contributed by atoms with Crippen molar-refractivity contribution in [1.29, 1.82) is 0 Å². The van der Waals surface area contributed by atoms with Gasteiger partial charge in [-0.1, -0.05) is 37.6 Å². The molecule has 1 N–H and O–H groups in total. The Morgan fingerprint density at radius 1 is 1.03 bits per heavy atom. The number of carbonyl (C=O) groups is 2. The van der Waals surface area contributed by atoms with Crippen molar-refractivity contribution in [2.75, 3.05) is 13.7 Å². The van der Waals surface area contributed by atoms with Crippen LogP contribution < -0.4 is 9.46 Å². The fourth-order valence-electron chi connectivity index (χ4n) is 2.69. The molecule has 0 heterocycles. The Labute approximate surface area is 177 Å². The van der Waals surface area contributed by atoms with Crippen molar-refractivity contribution in [3.8, 4) is 5.75 Å². The zero-order chi connectivity index (χ0) is 22.1. The predicted octanol–water partition coefficient (Wildman–Crippen LogP) is 3.13. The quantitative estimate of drug-likeness (QED) is 0.432. The van der Waals surface area contributed by atoms with Crippen LogP contribution in [0, 0.1) is 0 Å². The molecule has 2 rings (SSSR count). The fraction of sp³-hybridized carbons (Fsp3) is 0.364. The highest BCUT2D eigenvalue weighted by molar-refractivity contribution is 7.89. The number of carbonyl (C=O) groups excluding carboxylic acids is 2. The molecule has 162 valence electrons. The van der Waals surface area contributed by atoms with Crippen LogP contribution in [0.5, 0.6) is 5.75 Å². The van der Waals surface area contributed by atoms with Gasteiger partial charge in [0.25, 0.3) is 0 Å². The van der Waals surface area contributed by atoms with Crippen molar-refractivity contribution in [3.63, 3.8) is 0 Å². The van der Waals surface area contributed by atoms with Crippen molar-refractivity contribution in [1.82, 2.24) is 4.72 Å². The number of ketones is 1. The summed E-state index contributed by atoms with van der Waals surface area (Å²) in [6.45, 7) is 3.02. The lowest BCUT2D eigenvalue weighted by atomic mass is 10.0. The SMILES string of the molecule is CCCCc1ccc(C(=O)COC(=O)[C@H](C)NS(=O)(=O)c2ccc(OC)cc2)cc1. The molecule has 0 spiro atoms. The van der Waals surface area contributed by atoms with Gasteiger partial charge in [-0.15, -0.1) is 0 Å². The lowest BCUT2D eigenvalue weighted by Crippen LogP contribution is -2.40. The second-order valence-corrected chi connectivity index (χ2v) is 8.56. The number of hydrogen-bond acceptors (Lipinski definition) is 6. The first-order valence-corrected chi connectivity index (χ1v) is 11.2. The van der Waals surface area contributed by atoms with Crippen LogP contribution in [0.15, 0.2) is 53.4 Å². The molecule has 0 amide bonds. The zero-order valence-corrected chi connectivity index (χ0v) is 18.2. The lowest BCUT2D eigenvalue weighted by Gasteiger charge is -2.14. The molecule has 2 aromatic carbocycles. The summed E-state index contributed by atoms with van der Waals surface area (Å²) < 4.78 is 37.0. The van der Waals surface area contributed by atoms with Gasteiger partial charge in [-0.25, -0.2) is 8.42 Å². The molecule has 30 heavy (non-hydrogen) atoms. The molecule has 0 aromatic heterocycles. The molecule has 0 saturated carbocycles. The summed E-state index contributed by atoms with van der Waals surface area (Å²) in [5, 5.41) is 0. The van der Waals surface area contributed by atoms with E-state index in [0.717, 1.165) is 24.8 Å². The van der Waals surface area contributed by atoms with E-state index in [1.54, 1.807) is 12.1 Å². The highest BCUT2D eigenvalue weighted by Crippen LogP contribution is 2.16. The summed E-state index contributed by atoms with van der Waals surface area (Å²) in [7, 11) is -2.45. The van der Waals surface area contributed by atoms with Crippen LogP contribution >= 0.6 is 0 Å². The van der Waals surface area contributed by atoms with E-state index in [-0.39, 0.29) is 10.7 Å². The number of sulfonamides is 1. The van der Waals surface area contributed by atoms with Crippen LogP contribution in [0.1, 0.15) is 42.6 Å². The van der Waals surface area contributed by atoms with E-state index >= 15 is 0 Å². The molecule has 7 nitrogen and oxygen atoms in total. The molecular weight excluding hydrogens is 406 g/mol. The normalized spacial score (nSPS) is 12.2. The van der Waals surface area contributed by atoms with Crippen LogP contribution in [0.2, 0.25) is 0 Å². The maximum Gasteiger partial charge on any atom is 0.324 e. The molecule has 0 bridgehead atoms. The number of nitrogens with one attached hydrogen (secondary N) is 1. The third-order valence-corrected chi connectivity index (χ3v) is 6.05. The molecule has 0 saturated heterocycles. The Kier molecular flexibility index (Phi) is 8.56. The van der Waals surface area contributed by atoms with Gasteiger partial charge in [0, 0.05) is 5.56 Å². The molecule has 2 aromatic rings. The zero-order valence-electron chi connectivity index (χ0n) is 17.4. The van der Waals surface area contributed by atoms with Gasteiger partial charge in [0.1, 0.15) is 11.8 Å². The number of ether oxygens (including phenoxy) is 2. The Morgan fingerprint density at radius 2 is 1.67 bits per heavy atom. The highest BCUT2D eigenvalue weighted by atomic mass is 32.2. The Hall–Kier alpha value is -2.71. The minimum atomic E-state index is -3.92. The number of hydrogen-bond donors (Lipinski definition) is 1. The molecule has 1 atom stereocenters. The van der Waals surface area contributed by atoms with E-state index < -0.39 is 28.6 Å². The van der Waals surface area contributed by atoms with Crippen molar-refractivity contribution in [2.24, 2.45) is 0 Å². The van der Waals surface area contributed by atoms with Gasteiger partial charge in [-0.05, 0) is 49.6 Å². The largest absolute Gasteiger partial charge is 0.497 e. The number of aryl methyl sites for hydroxylation is 1. The van der Waals surface area contributed by atoms with Crippen LogP contribution in [-0.2, 0) is 26.0 Å². The smallest absolute Gasteiger partial charge is 0.324 e. The first-order valence-electron chi connectivity index (χ1n) is 9.72. The number of methoxy groups -OCH3 is 1. The van der Waals surface area contributed by atoms with Gasteiger partial charge in [-0.3, -0.25) is 9.59 Å². The van der Waals surface area contributed by atoms with E-state index in [9.17, 15) is 18.0 Å². The molecule has 0 unspecified atom stereocenters. The van der Waals surface area contributed by atoms with Crippen molar-refractivity contribution < 1.29 is 27.5 Å². The minimum absolute atomic E-state index is 0.0119. The summed E-state index contributed by atoms with van der Waals surface area (Å²) >= 11 is 0. The molecule has 8 heteroatoms. The number of Topliss-reactive ketones (excluding diaryl/α,β-unsaturated/α-hetero) is 1. The fourth-order valence-corrected chi connectivity index (χ4v) is 3.88. The average Bonchev–Trinajstić information content (AvgIpc) is 2.75. The highest BCUT2D eigenvalue weighted by Gasteiger charge is 2.24. The van der Waals surface area contributed by atoms with E-state index in [1.807, 2.05) is 12.1 Å². The second-order valence-electron chi connectivity index (χ2n) is 6.85. The summed E-state index contributed by atoms with van der Waals surface area (Å²) in [6.07, 6.45) is 3.12. The number of benzene rings is 2. The van der Waals surface area contributed by atoms with Crippen LogP contribution in [0.4, 0.5) is 0 Å². The third-order valence-electron chi connectivity index (χ3n) is 4.50. The number of unbranched alkanes of at least 4 members (excludes halogenated alkanes) is 1. The standard InChI is InChI=1S/C22H27NO6S/c1-4-5-6-17-7-9-18(10-8-17)21(24)15-29-22(25)16(2)23-30(26,27)20-13-11-19(28-3)12-14-20/h7-14,16,23H,4-6,15H2,1-3H3/t16-/m0/s1. The van der Waals surface area contributed by atoms with Gasteiger partial charge in [-0.2, -0.15) is 4.72 Å². The molecule has 0 fully saturated rings. The average molecular weight is 434 g/mol. The number of rotatable bonds is 11. The lowest BCUT2D eigenvalue weighted by molar-refractivity contribution is -0.144. The van der Waals surface area contributed by atoms with Crippen molar-refractivity contribution >= 4 is 21.8 Å². The minimum Gasteiger partial charge on any atom is -0.497 e. The summed E-state index contributed by atoms with van der Waals surface area (Å²) in [4.78, 5) is 24.4. The van der Waals surface area contributed by atoms with Crippen molar-refractivity contribution in [2.45, 2.75) is 44.0 Å². The maximum absolute atomic E-state index is 12.4. The summed E-state index contributed by atoms with van der Waals surface area (Å²) in [6, 6.07) is 11.8. The topological polar surface area (TPSA) is 98.8 Å². The Bertz CT molecular complexity index is 952. The maximum atomic E-state index is 12.4. The Morgan fingerprint density at radius 3 is 2.23 bits per heavy atom. The predicted molar refractivity (Wildman–Crippen MR) is 113 cm³/mol. The van der Waals surface area contributed by atoms with Gasteiger partial charge in [0.2, 0.25) is 10.0 Å². The van der Waals surface area contributed by atoms with Crippen LogP contribution in [0.3, 0.4) is 0 Å². The monoisotopic (exact) mass is 433 g/mol. The van der Waals surface area contributed by atoms with Gasteiger partial charge in [0.05, 0.1) is 12.0 Å². The molecule has 0 aliphatic carbocycles. The summed E-state index contributed by atoms with van der Waals surface area (Å²) in [5.74, 6) is -0.672.